The molecule has 0 aliphatic carbocycles. The van der Waals surface area contributed by atoms with Crippen molar-refractivity contribution in [3.05, 3.63) is 62.9 Å². The van der Waals surface area contributed by atoms with Crippen molar-refractivity contribution < 1.29 is 9.53 Å². The number of hydrogen-bond acceptors (Lipinski definition) is 4. The summed E-state index contributed by atoms with van der Waals surface area (Å²) in [7, 11) is 0. The second kappa shape index (κ2) is 9.13. The van der Waals surface area contributed by atoms with Crippen molar-refractivity contribution in [2.24, 2.45) is 0 Å². The van der Waals surface area contributed by atoms with Crippen LogP contribution in [0.5, 0.6) is 5.75 Å². The number of benzene rings is 1. The Hall–Kier alpha value is -3.27. The van der Waals surface area contributed by atoms with Crippen LogP contribution in [0.3, 0.4) is 0 Å². The van der Waals surface area contributed by atoms with Crippen molar-refractivity contribution in [2.45, 2.75) is 19.9 Å². The Balaban J connectivity index is 1.68. The number of carbonyl (C=O) groups is 1. The standard InChI is InChI=1S/C18H19N3O4/c1-14-6-2-3-7-15(14)25-13-5-4-10-19-16(22)8-11-21-12-9-17(23)20-18(21)24/h2-3,6-7,9,12H,8,10-11,13H2,1H3,(H,19,22)(H,20,23,24). The Kier molecular flexibility index (Phi) is 6.60. The molecule has 0 atom stereocenters. The van der Waals surface area contributed by atoms with Gasteiger partial charge < -0.3 is 14.6 Å². The highest BCUT2D eigenvalue weighted by molar-refractivity contribution is 5.76. The zero-order valence-corrected chi connectivity index (χ0v) is 13.9. The fourth-order valence-electron chi connectivity index (χ4n) is 2.02. The van der Waals surface area contributed by atoms with Crippen molar-refractivity contribution in [1.29, 1.82) is 0 Å². The lowest BCUT2D eigenvalue weighted by molar-refractivity contribution is -0.121. The third-order valence-corrected chi connectivity index (χ3v) is 3.37. The van der Waals surface area contributed by atoms with Gasteiger partial charge in [0.05, 0.1) is 6.54 Å². The molecule has 0 bridgehead atoms. The van der Waals surface area contributed by atoms with E-state index in [1.54, 1.807) is 0 Å². The minimum Gasteiger partial charge on any atom is -0.481 e. The van der Waals surface area contributed by atoms with Gasteiger partial charge in [0.1, 0.15) is 12.4 Å². The number of ether oxygens (including phenoxy) is 1. The van der Waals surface area contributed by atoms with Crippen LogP contribution in [0.1, 0.15) is 12.0 Å². The number of amides is 1. The van der Waals surface area contributed by atoms with Gasteiger partial charge in [-0.05, 0) is 18.6 Å². The summed E-state index contributed by atoms with van der Waals surface area (Å²) in [5.41, 5.74) is 0.0393. The quantitative estimate of drug-likeness (QED) is 0.746. The molecule has 0 radical (unpaired) electrons. The van der Waals surface area contributed by atoms with Gasteiger partial charge in [-0.15, -0.1) is 0 Å². The van der Waals surface area contributed by atoms with E-state index in [4.69, 9.17) is 4.74 Å². The molecule has 0 unspecified atom stereocenters. The minimum absolute atomic E-state index is 0.118. The maximum absolute atomic E-state index is 11.7. The third-order valence-electron chi connectivity index (χ3n) is 3.37. The van der Waals surface area contributed by atoms with Gasteiger partial charge in [-0.1, -0.05) is 30.0 Å². The number of hydrogen-bond donors (Lipinski definition) is 2. The number of aromatic amines is 1. The van der Waals surface area contributed by atoms with Gasteiger partial charge >= 0.3 is 5.69 Å². The molecule has 7 nitrogen and oxygen atoms in total. The summed E-state index contributed by atoms with van der Waals surface area (Å²) < 4.78 is 6.79. The Morgan fingerprint density at radius 3 is 2.80 bits per heavy atom. The Morgan fingerprint density at radius 1 is 1.24 bits per heavy atom. The summed E-state index contributed by atoms with van der Waals surface area (Å²) in [6, 6.07) is 8.89. The zero-order chi connectivity index (χ0) is 18.1. The minimum atomic E-state index is -0.534. The maximum atomic E-state index is 11.7. The summed E-state index contributed by atoms with van der Waals surface area (Å²) >= 11 is 0. The molecule has 1 heterocycles. The monoisotopic (exact) mass is 341 g/mol. The first kappa shape index (κ1) is 18.1. The third kappa shape index (κ3) is 6.03. The highest BCUT2D eigenvalue weighted by atomic mass is 16.5. The molecule has 0 aliphatic rings. The van der Waals surface area contributed by atoms with Gasteiger partial charge in [-0.25, -0.2) is 4.79 Å². The first-order valence-corrected chi connectivity index (χ1v) is 7.77. The summed E-state index contributed by atoms with van der Waals surface area (Å²) in [5, 5.41) is 2.64. The predicted molar refractivity (Wildman–Crippen MR) is 93.4 cm³/mol. The molecule has 2 rings (SSSR count). The Bertz CT molecular complexity index is 903. The molecule has 0 saturated carbocycles. The van der Waals surface area contributed by atoms with E-state index in [-0.39, 0.29) is 32.0 Å². The number of carbonyl (C=O) groups excluding carboxylic acids is 1. The number of aryl methyl sites for hydroxylation is 2. The molecule has 1 aromatic carbocycles. The summed E-state index contributed by atoms with van der Waals surface area (Å²) in [5.74, 6) is 6.18. The molecule has 1 amide bonds. The fourth-order valence-corrected chi connectivity index (χ4v) is 2.02. The largest absolute Gasteiger partial charge is 0.481 e. The molecule has 2 N–H and O–H groups in total. The molecule has 0 aliphatic heterocycles. The molecule has 1 aromatic heterocycles. The van der Waals surface area contributed by atoms with Crippen LogP contribution in [0.15, 0.2) is 46.1 Å². The average Bonchev–Trinajstić information content (AvgIpc) is 2.58. The zero-order valence-electron chi connectivity index (χ0n) is 13.9. The molecular weight excluding hydrogens is 322 g/mol. The van der Waals surface area contributed by atoms with Crippen molar-refractivity contribution >= 4 is 5.91 Å². The second-order valence-corrected chi connectivity index (χ2v) is 5.24. The maximum Gasteiger partial charge on any atom is 0.328 e. The van der Waals surface area contributed by atoms with E-state index in [2.05, 4.69) is 22.1 Å². The van der Waals surface area contributed by atoms with E-state index < -0.39 is 11.2 Å². The van der Waals surface area contributed by atoms with Crippen LogP contribution in [-0.4, -0.2) is 28.6 Å². The molecule has 25 heavy (non-hydrogen) atoms. The van der Waals surface area contributed by atoms with Gasteiger partial charge in [-0.3, -0.25) is 14.6 Å². The number of rotatable bonds is 6. The van der Waals surface area contributed by atoms with Crippen LogP contribution in [-0.2, 0) is 11.3 Å². The van der Waals surface area contributed by atoms with Crippen LogP contribution in [0.25, 0.3) is 0 Å². The molecule has 0 fully saturated rings. The smallest absolute Gasteiger partial charge is 0.328 e. The van der Waals surface area contributed by atoms with E-state index in [0.717, 1.165) is 11.3 Å². The lowest BCUT2D eigenvalue weighted by Crippen LogP contribution is -2.31. The lowest BCUT2D eigenvalue weighted by Gasteiger charge is -2.05. The molecule has 130 valence electrons. The average molecular weight is 341 g/mol. The molecule has 7 heteroatoms. The Morgan fingerprint density at radius 2 is 2.04 bits per heavy atom. The number of nitrogens with one attached hydrogen (secondary N) is 2. The van der Waals surface area contributed by atoms with Gasteiger partial charge in [0.25, 0.3) is 5.56 Å². The van der Waals surface area contributed by atoms with Crippen molar-refractivity contribution in [1.82, 2.24) is 14.9 Å². The predicted octanol–water partition coefficient (Wildman–Crippen LogP) is 0.434. The van der Waals surface area contributed by atoms with Crippen LogP contribution >= 0.6 is 0 Å². The number of H-pyrrole nitrogens is 1. The van der Waals surface area contributed by atoms with Crippen LogP contribution in [0.4, 0.5) is 0 Å². The first-order chi connectivity index (χ1) is 12.1. The summed E-state index contributed by atoms with van der Waals surface area (Å²) in [6.45, 7) is 2.59. The Labute approximate surface area is 144 Å². The molecule has 2 aromatic rings. The van der Waals surface area contributed by atoms with Gasteiger partial charge in [0.2, 0.25) is 5.91 Å². The number of nitrogens with zero attached hydrogens (tertiary/aromatic N) is 1. The van der Waals surface area contributed by atoms with Crippen LogP contribution in [0.2, 0.25) is 0 Å². The van der Waals surface area contributed by atoms with E-state index in [0.29, 0.717) is 0 Å². The van der Waals surface area contributed by atoms with Gasteiger partial charge in [-0.2, -0.15) is 0 Å². The van der Waals surface area contributed by atoms with Crippen LogP contribution < -0.4 is 21.3 Å². The normalized spacial score (nSPS) is 9.80. The second-order valence-electron chi connectivity index (χ2n) is 5.24. The van der Waals surface area contributed by atoms with E-state index in [1.165, 1.54) is 16.8 Å². The summed E-state index contributed by atoms with van der Waals surface area (Å²) in [4.78, 5) is 36.2. The molecule has 0 saturated heterocycles. The van der Waals surface area contributed by atoms with Crippen LogP contribution in [0, 0.1) is 18.8 Å². The highest BCUT2D eigenvalue weighted by Crippen LogP contribution is 2.15. The molecular formula is C18H19N3O4. The summed E-state index contributed by atoms with van der Waals surface area (Å²) in [6.07, 6.45) is 1.48. The van der Waals surface area contributed by atoms with Crippen molar-refractivity contribution in [3.63, 3.8) is 0 Å². The lowest BCUT2D eigenvalue weighted by atomic mass is 10.2. The van der Waals surface area contributed by atoms with Crippen molar-refractivity contribution in [3.8, 4) is 17.6 Å². The number of aromatic nitrogens is 2. The van der Waals surface area contributed by atoms with E-state index >= 15 is 0 Å². The van der Waals surface area contributed by atoms with E-state index in [1.807, 2.05) is 31.2 Å². The number of para-hydroxylation sites is 1. The highest BCUT2D eigenvalue weighted by Gasteiger charge is 2.02. The molecule has 0 spiro atoms. The van der Waals surface area contributed by atoms with E-state index in [9.17, 15) is 14.4 Å². The fraction of sp³-hybridized carbons (Fsp3) is 0.278. The van der Waals surface area contributed by atoms with Crippen molar-refractivity contribution in [2.75, 3.05) is 13.2 Å². The van der Waals surface area contributed by atoms with Gasteiger partial charge in [0, 0.05) is 25.2 Å². The first-order valence-electron chi connectivity index (χ1n) is 7.77. The SMILES string of the molecule is Cc1ccccc1OCC#CCNC(=O)CCn1ccc(=O)[nH]c1=O. The van der Waals surface area contributed by atoms with Gasteiger partial charge in [0.15, 0.2) is 0 Å². The topological polar surface area (TPSA) is 93.2 Å².